The molecule has 116 valence electrons. The number of amides is 1. The van der Waals surface area contributed by atoms with Crippen LogP contribution in [0.5, 0.6) is 0 Å². The molecule has 0 radical (unpaired) electrons. The molecule has 1 unspecified atom stereocenters. The van der Waals surface area contributed by atoms with Crippen molar-refractivity contribution < 1.29 is 15.0 Å². The number of carbonyl (C=O) groups is 1. The molecule has 0 aliphatic carbocycles. The molecule has 0 fully saturated rings. The van der Waals surface area contributed by atoms with E-state index in [1.807, 2.05) is 36.4 Å². The van der Waals surface area contributed by atoms with Crippen LogP contribution in [0.4, 0.5) is 11.4 Å². The van der Waals surface area contributed by atoms with E-state index in [4.69, 9.17) is 5.11 Å². The van der Waals surface area contributed by atoms with Crippen LogP contribution in [0.15, 0.2) is 54.6 Å². The Hall–Kier alpha value is -2.37. The molecule has 0 bridgehead atoms. The van der Waals surface area contributed by atoms with Gasteiger partial charge in [0.2, 0.25) is 0 Å². The lowest BCUT2D eigenvalue weighted by molar-refractivity contribution is 0.0993. The first kappa shape index (κ1) is 16.0. The molecular formula is C17H20N2O3. The lowest BCUT2D eigenvalue weighted by atomic mass is 10.1. The van der Waals surface area contributed by atoms with E-state index in [0.29, 0.717) is 5.56 Å². The molecule has 5 nitrogen and oxygen atoms in total. The molecule has 5 heteroatoms. The SMILES string of the molecule is CN(C(=O)c1cccc(NCC(O)CO)c1)c1ccccc1. The Labute approximate surface area is 129 Å². The number of hydrogen-bond acceptors (Lipinski definition) is 4. The number of anilines is 2. The number of carbonyl (C=O) groups excluding carboxylic acids is 1. The summed E-state index contributed by atoms with van der Waals surface area (Å²) in [5.41, 5.74) is 2.09. The molecule has 0 aliphatic rings. The van der Waals surface area contributed by atoms with E-state index in [2.05, 4.69) is 5.32 Å². The zero-order chi connectivity index (χ0) is 15.9. The molecule has 0 aliphatic heterocycles. The van der Waals surface area contributed by atoms with Crippen molar-refractivity contribution in [3.05, 3.63) is 60.2 Å². The molecule has 0 heterocycles. The molecular weight excluding hydrogens is 280 g/mol. The van der Waals surface area contributed by atoms with Gasteiger partial charge in [0.25, 0.3) is 5.91 Å². The Morgan fingerprint density at radius 3 is 2.59 bits per heavy atom. The molecule has 2 aromatic carbocycles. The number of benzene rings is 2. The lowest BCUT2D eigenvalue weighted by Gasteiger charge is -2.18. The number of para-hydroxylation sites is 1. The van der Waals surface area contributed by atoms with Crippen molar-refractivity contribution in [3.8, 4) is 0 Å². The fourth-order valence-electron chi connectivity index (χ4n) is 2.02. The molecule has 0 saturated carbocycles. The van der Waals surface area contributed by atoms with Crippen LogP contribution >= 0.6 is 0 Å². The summed E-state index contributed by atoms with van der Waals surface area (Å²) in [6.45, 7) is -0.0783. The highest BCUT2D eigenvalue weighted by Crippen LogP contribution is 2.17. The van der Waals surface area contributed by atoms with E-state index in [1.54, 1.807) is 30.1 Å². The normalized spacial score (nSPS) is 11.8. The first-order valence-electron chi connectivity index (χ1n) is 7.08. The van der Waals surface area contributed by atoms with Crippen LogP contribution in [0.3, 0.4) is 0 Å². The Bertz CT molecular complexity index is 616. The maximum absolute atomic E-state index is 12.5. The van der Waals surface area contributed by atoms with Crippen LogP contribution in [0.2, 0.25) is 0 Å². The summed E-state index contributed by atoms with van der Waals surface area (Å²) in [7, 11) is 1.73. The van der Waals surface area contributed by atoms with E-state index in [-0.39, 0.29) is 19.1 Å². The summed E-state index contributed by atoms with van der Waals surface area (Å²) in [4.78, 5) is 14.1. The minimum Gasteiger partial charge on any atom is -0.394 e. The molecule has 22 heavy (non-hydrogen) atoms. The van der Waals surface area contributed by atoms with Gasteiger partial charge in [-0.1, -0.05) is 24.3 Å². The number of nitrogens with zero attached hydrogens (tertiary/aromatic N) is 1. The van der Waals surface area contributed by atoms with Gasteiger partial charge in [-0.25, -0.2) is 0 Å². The molecule has 1 atom stereocenters. The van der Waals surface area contributed by atoms with Gasteiger partial charge in [0.1, 0.15) is 0 Å². The topological polar surface area (TPSA) is 72.8 Å². The monoisotopic (exact) mass is 300 g/mol. The first-order chi connectivity index (χ1) is 10.6. The third-order valence-electron chi connectivity index (χ3n) is 3.31. The fourth-order valence-corrected chi connectivity index (χ4v) is 2.02. The minimum absolute atomic E-state index is 0.113. The third kappa shape index (κ3) is 4.07. The van der Waals surface area contributed by atoms with Gasteiger partial charge in [-0.15, -0.1) is 0 Å². The van der Waals surface area contributed by atoms with Crippen molar-refractivity contribution in [2.24, 2.45) is 0 Å². The third-order valence-corrected chi connectivity index (χ3v) is 3.31. The summed E-state index contributed by atoms with van der Waals surface area (Å²) in [6.07, 6.45) is -0.827. The lowest BCUT2D eigenvalue weighted by Crippen LogP contribution is -2.26. The van der Waals surface area contributed by atoms with Gasteiger partial charge < -0.3 is 20.4 Å². The Balaban J connectivity index is 2.10. The van der Waals surface area contributed by atoms with Crippen molar-refractivity contribution >= 4 is 17.3 Å². The summed E-state index contributed by atoms with van der Waals surface area (Å²) >= 11 is 0. The maximum atomic E-state index is 12.5. The van der Waals surface area contributed by atoms with Crippen molar-refractivity contribution in [1.29, 1.82) is 0 Å². The predicted molar refractivity (Wildman–Crippen MR) is 87.2 cm³/mol. The van der Waals surface area contributed by atoms with Crippen LogP contribution in [0.1, 0.15) is 10.4 Å². The highest BCUT2D eigenvalue weighted by atomic mass is 16.3. The van der Waals surface area contributed by atoms with E-state index in [0.717, 1.165) is 11.4 Å². The Morgan fingerprint density at radius 1 is 1.18 bits per heavy atom. The second kappa shape index (κ2) is 7.59. The van der Waals surface area contributed by atoms with Crippen LogP contribution in [-0.4, -0.2) is 42.4 Å². The van der Waals surface area contributed by atoms with E-state index in [1.165, 1.54) is 0 Å². The summed E-state index contributed by atoms with van der Waals surface area (Å²) < 4.78 is 0. The molecule has 0 saturated heterocycles. The summed E-state index contributed by atoms with van der Waals surface area (Å²) in [5, 5.41) is 21.1. The molecule has 0 aromatic heterocycles. The van der Waals surface area contributed by atoms with Crippen molar-refractivity contribution in [2.75, 3.05) is 30.4 Å². The average Bonchev–Trinajstić information content (AvgIpc) is 2.59. The van der Waals surface area contributed by atoms with E-state index >= 15 is 0 Å². The van der Waals surface area contributed by atoms with Gasteiger partial charge in [-0.3, -0.25) is 4.79 Å². The minimum atomic E-state index is -0.827. The van der Waals surface area contributed by atoms with Crippen molar-refractivity contribution in [3.63, 3.8) is 0 Å². The zero-order valence-electron chi connectivity index (χ0n) is 12.4. The van der Waals surface area contributed by atoms with Crippen LogP contribution in [0, 0.1) is 0 Å². The first-order valence-corrected chi connectivity index (χ1v) is 7.08. The van der Waals surface area contributed by atoms with E-state index in [9.17, 15) is 9.90 Å². The molecule has 1 amide bonds. The fraction of sp³-hybridized carbons (Fsp3) is 0.235. The van der Waals surface area contributed by atoms with Gasteiger partial charge in [0.15, 0.2) is 0 Å². The summed E-state index contributed by atoms with van der Waals surface area (Å²) in [5.74, 6) is -0.113. The van der Waals surface area contributed by atoms with Crippen LogP contribution in [0.25, 0.3) is 0 Å². The number of rotatable bonds is 6. The molecule has 2 aromatic rings. The molecule has 3 N–H and O–H groups in total. The second-order valence-electron chi connectivity index (χ2n) is 5.00. The van der Waals surface area contributed by atoms with Gasteiger partial charge >= 0.3 is 0 Å². The van der Waals surface area contributed by atoms with Gasteiger partial charge in [0, 0.05) is 30.5 Å². The van der Waals surface area contributed by atoms with Crippen molar-refractivity contribution in [2.45, 2.75) is 6.10 Å². The zero-order valence-corrected chi connectivity index (χ0v) is 12.4. The van der Waals surface area contributed by atoms with E-state index < -0.39 is 6.10 Å². The van der Waals surface area contributed by atoms with Gasteiger partial charge in [-0.05, 0) is 30.3 Å². The largest absolute Gasteiger partial charge is 0.394 e. The summed E-state index contributed by atoms with van der Waals surface area (Å²) in [6, 6.07) is 16.5. The van der Waals surface area contributed by atoms with Gasteiger partial charge in [0.05, 0.1) is 12.7 Å². The smallest absolute Gasteiger partial charge is 0.258 e. The number of nitrogens with one attached hydrogen (secondary N) is 1. The maximum Gasteiger partial charge on any atom is 0.258 e. The average molecular weight is 300 g/mol. The predicted octanol–water partition coefficient (Wildman–Crippen LogP) is 1.73. The number of hydrogen-bond donors (Lipinski definition) is 3. The van der Waals surface area contributed by atoms with Crippen molar-refractivity contribution in [1.82, 2.24) is 0 Å². The van der Waals surface area contributed by atoms with Gasteiger partial charge in [-0.2, -0.15) is 0 Å². The number of aliphatic hydroxyl groups is 2. The van der Waals surface area contributed by atoms with Crippen LogP contribution < -0.4 is 10.2 Å². The second-order valence-corrected chi connectivity index (χ2v) is 5.00. The molecule has 2 rings (SSSR count). The molecule has 0 spiro atoms. The number of aliphatic hydroxyl groups excluding tert-OH is 2. The standard InChI is InChI=1S/C17H20N2O3/c1-19(15-8-3-2-4-9-15)17(22)13-6-5-7-14(10-13)18-11-16(21)12-20/h2-10,16,18,20-21H,11-12H2,1H3. The Morgan fingerprint density at radius 2 is 1.91 bits per heavy atom. The quantitative estimate of drug-likeness (QED) is 0.759. The van der Waals surface area contributed by atoms with Crippen LogP contribution in [-0.2, 0) is 0 Å². The highest BCUT2D eigenvalue weighted by molar-refractivity contribution is 6.06. The highest BCUT2D eigenvalue weighted by Gasteiger charge is 2.13. The Kier molecular flexibility index (Phi) is 5.52.